The summed E-state index contributed by atoms with van der Waals surface area (Å²) >= 11 is 0. The molecular formula is C25H26FN5O2. The van der Waals surface area contributed by atoms with E-state index in [1.165, 1.54) is 12.1 Å². The summed E-state index contributed by atoms with van der Waals surface area (Å²) in [6.07, 6.45) is 2.36. The maximum atomic E-state index is 14.0. The quantitative estimate of drug-likeness (QED) is 0.616. The van der Waals surface area contributed by atoms with Crippen LogP contribution in [0.15, 0.2) is 66.9 Å². The standard InChI is InChI=1S/C25H26FN5O2/c1-18-7-2-5-10-22(18)29-25(33)28-19-11-12-23(27-17-19)30-13-6-14-31(16-15-30)24(32)20-8-3-4-9-21(20)26/h2-5,7-12,17H,6,13-16H2,1H3,(H2,28,29,33). The second-order valence-corrected chi connectivity index (χ2v) is 7.91. The number of rotatable bonds is 4. The van der Waals surface area contributed by atoms with Crippen molar-refractivity contribution in [1.29, 1.82) is 0 Å². The Bertz CT molecular complexity index is 1140. The SMILES string of the molecule is Cc1ccccc1NC(=O)Nc1ccc(N2CCCN(C(=O)c3ccccc3F)CC2)nc1. The molecule has 1 aromatic heterocycles. The smallest absolute Gasteiger partial charge is 0.323 e. The fourth-order valence-electron chi connectivity index (χ4n) is 3.80. The van der Waals surface area contributed by atoms with Crippen LogP contribution in [0.3, 0.4) is 0 Å². The molecule has 4 rings (SSSR count). The van der Waals surface area contributed by atoms with Gasteiger partial charge < -0.3 is 20.4 Å². The van der Waals surface area contributed by atoms with Crippen LogP contribution in [0.2, 0.25) is 0 Å². The number of anilines is 3. The topological polar surface area (TPSA) is 77.6 Å². The summed E-state index contributed by atoms with van der Waals surface area (Å²) in [6, 6.07) is 16.9. The molecule has 0 bridgehead atoms. The molecule has 0 radical (unpaired) electrons. The van der Waals surface area contributed by atoms with E-state index < -0.39 is 5.82 Å². The summed E-state index contributed by atoms with van der Waals surface area (Å²) in [5, 5.41) is 5.61. The van der Waals surface area contributed by atoms with Crippen molar-refractivity contribution in [3.8, 4) is 0 Å². The number of aryl methyl sites for hydroxylation is 1. The molecule has 0 unspecified atom stereocenters. The number of halogens is 1. The van der Waals surface area contributed by atoms with Gasteiger partial charge in [-0.2, -0.15) is 0 Å². The molecule has 7 nitrogen and oxygen atoms in total. The van der Waals surface area contributed by atoms with Crippen molar-refractivity contribution in [3.63, 3.8) is 0 Å². The van der Waals surface area contributed by atoms with Crippen LogP contribution < -0.4 is 15.5 Å². The van der Waals surface area contributed by atoms with E-state index in [1.54, 1.807) is 29.3 Å². The van der Waals surface area contributed by atoms with E-state index in [4.69, 9.17) is 0 Å². The zero-order valence-corrected chi connectivity index (χ0v) is 18.4. The van der Waals surface area contributed by atoms with E-state index in [2.05, 4.69) is 20.5 Å². The lowest BCUT2D eigenvalue weighted by Gasteiger charge is -2.23. The van der Waals surface area contributed by atoms with Crippen LogP contribution in [0.4, 0.5) is 26.4 Å². The Labute approximate surface area is 192 Å². The zero-order chi connectivity index (χ0) is 23.2. The maximum Gasteiger partial charge on any atom is 0.323 e. The van der Waals surface area contributed by atoms with Crippen LogP contribution in [-0.4, -0.2) is 48.0 Å². The molecule has 1 aliphatic rings. The minimum absolute atomic E-state index is 0.100. The lowest BCUT2D eigenvalue weighted by Crippen LogP contribution is -2.35. The number of hydrogen-bond acceptors (Lipinski definition) is 4. The lowest BCUT2D eigenvalue weighted by molar-refractivity contribution is 0.0762. The number of benzene rings is 2. The Morgan fingerprint density at radius 3 is 2.45 bits per heavy atom. The van der Waals surface area contributed by atoms with Crippen LogP contribution >= 0.6 is 0 Å². The second kappa shape index (κ2) is 10.1. The Morgan fingerprint density at radius 2 is 1.70 bits per heavy atom. The van der Waals surface area contributed by atoms with Crippen molar-refractivity contribution in [1.82, 2.24) is 9.88 Å². The molecule has 170 valence electrons. The molecule has 0 spiro atoms. The van der Waals surface area contributed by atoms with Gasteiger partial charge in [0.2, 0.25) is 0 Å². The molecule has 33 heavy (non-hydrogen) atoms. The molecular weight excluding hydrogens is 421 g/mol. The minimum Gasteiger partial charge on any atom is -0.355 e. The summed E-state index contributed by atoms with van der Waals surface area (Å²) in [5.41, 5.74) is 2.41. The summed E-state index contributed by atoms with van der Waals surface area (Å²) in [4.78, 5) is 33.3. The monoisotopic (exact) mass is 447 g/mol. The average molecular weight is 448 g/mol. The first-order chi connectivity index (χ1) is 16.0. The molecule has 1 fully saturated rings. The minimum atomic E-state index is -0.500. The van der Waals surface area contributed by atoms with Crippen molar-refractivity contribution < 1.29 is 14.0 Å². The van der Waals surface area contributed by atoms with Crippen molar-refractivity contribution >= 4 is 29.1 Å². The van der Waals surface area contributed by atoms with Crippen LogP contribution in [0, 0.1) is 12.7 Å². The van der Waals surface area contributed by atoms with E-state index in [1.807, 2.05) is 37.3 Å². The second-order valence-electron chi connectivity index (χ2n) is 7.91. The number of amides is 3. The number of carbonyl (C=O) groups excluding carboxylic acids is 2. The Kier molecular flexibility index (Phi) is 6.83. The third-order valence-electron chi connectivity index (χ3n) is 5.61. The molecule has 2 aromatic carbocycles. The number of carbonyl (C=O) groups is 2. The van der Waals surface area contributed by atoms with Crippen molar-refractivity contribution in [3.05, 3.63) is 83.8 Å². The molecule has 0 aliphatic carbocycles. The van der Waals surface area contributed by atoms with Gasteiger partial charge in [0.25, 0.3) is 5.91 Å². The predicted molar refractivity (Wildman–Crippen MR) is 127 cm³/mol. The normalized spacial score (nSPS) is 13.9. The van der Waals surface area contributed by atoms with Crippen molar-refractivity contribution in [2.45, 2.75) is 13.3 Å². The number of aromatic nitrogens is 1. The van der Waals surface area contributed by atoms with Gasteiger partial charge in [-0.05, 0) is 49.2 Å². The van der Waals surface area contributed by atoms with E-state index >= 15 is 0 Å². The number of hydrogen-bond donors (Lipinski definition) is 2. The van der Waals surface area contributed by atoms with Gasteiger partial charge in [0, 0.05) is 31.9 Å². The molecule has 2 heterocycles. The molecule has 3 amide bonds. The number of nitrogens with one attached hydrogen (secondary N) is 2. The Hall–Kier alpha value is -3.94. The Balaban J connectivity index is 1.34. The first kappa shape index (κ1) is 22.3. The van der Waals surface area contributed by atoms with Gasteiger partial charge in [0.15, 0.2) is 0 Å². The average Bonchev–Trinajstić information content (AvgIpc) is 3.07. The van der Waals surface area contributed by atoms with Crippen LogP contribution in [-0.2, 0) is 0 Å². The van der Waals surface area contributed by atoms with Gasteiger partial charge in [0.1, 0.15) is 11.6 Å². The molecule has 3 aromatic rings. The van der Waals surface area contributed by atoms with E-state index in [9.17, 15) is 14.0 Å². The molecule has 8 heteroatoms. The highest BCUT2D eigenvalue weighted by atomic mass is 19.1. The number of pyridine rings is 1. The van der Waals surface area contributed by atoms with E-state index in [0.29, 0.717) is 25.3 Å². The fraction of sp³-hybridized carbons (Fsp3) is 0.240. The summed E-state index contributed by atoms with van der Waals surface area (Å²) < 4.78 is 14.0. The highest BCUT2D eigenvalue weighted by molar-refractivity contribution is 6.00. The molecule has 1 saturated heterocycles. The van der Waals surface area contributed by atoms with Gasteiger partial charge in [-0.1, -0.05) is 30.3 Å². The van der Waals surface area contributed by atoms with Crippen molar-refractivity contribution in [2.75, 3.05) is 41.7 Å². The highest BCUT2D eigenvalue weighted by Crippen LogP contribution is 2.19. The molecule has 0 saturated carbocycles. The summed E-state index contributed by atoms with van der Waals surface area (Å²) in [6.45, 7) is 4.29. The number of para-hydroxylation sites is 1. The van der Waals surface area contributed by atoms with Gasteiger partial charge in [-0.25, -0.2) is 14.2 Å². The van der Waals surface area contributed by atoms with Gasteiger partial charge in [-0.15, -0.1) is 0 Å². The van der Waals surface area contributed by atoms with Crippen LogP contribution in [0.25, 0.3) is 0 Å². The first-order valence-electron chi connectivity index (χ1n) is 10.9. The van der Waals surface area contributed by atoms with Gasteiger partial charge in [0.05, 0.1) is 17.4 Å². The molecule has 1 aliphatic heterocycles. The van der Waals surface area contributed by atoms with Gasteiger partial charge >= 0.3 is 6.03 Å². The zero-order valence-electron chi connectivity index (χ0n) is 18.4. The lowest BCUT2D eigenvalue weighted by atomic mass is 10.2. The summed E-state index contributed by atoms with van der Waals surface area (Å²) in [7, 11) is 0. The fourth-order valence-corrected chi connectivity index (χ4v) is 3.80. The number of urea groups is 1. The predicted octanol–water partition coefficient (Wildman–Crippen LogP) is 4.53. The third-order valence-corrected chi connectivity index (χ3v) is 5.61. The Morgan fingerprint density at radius 1 is 0.909 bits per heavy atom. The first-order valence-corrected chi connectivity index (χ1v) is 10.9. The third kappa shape index (κ3) is 5.46. The van der Waals surface area contributed by atoms with Crippen LogP contribution in [0.1, 0.15) is 22.3 Å². The number of nitrogens with zero attached hydrogens (tertiary/aromatic N) is 3. The highest BCUT2D eigenvalue weighted by Gasteiger charge is 2.22. The van der Waals surface area contributed by atoms with E-state index in [-0.39, 0.29) is 17.5 Å². The molecule has 2 N–H and O–H groups in total. The van der Waals surface area contributed by atoms with E-state index in [0.717, 1.165) is 30.0 Å². The maximum absolute atomic E-state index is 14.0. The van der Waals surface area contributed by atoms with Gasteiger partial charge in [-0.3, -0.25) is 4.79 Å². The largest absolute Gasteiger partial charge is 0.355 e. The van der Waals surface area contributed by atoms with Crippen LogP contribution in [0.5, 0.6) is 0 Å². The van der Waals surface area contributed by atoms with Crippen molar-refractivity contribution in [2.24, 2.45) is 0 Å². The summed E-state index contributed by atoms with van der Waals surface area (Å²) in [5.74, 6) is -0.0259. The molecule has 0 atom stereocenters.